The van der Waals surface area contributed by atoms with E-state index in [2.05, 4.69) is 24.0 Å². The number of hydrogen-bond donors (Lipinski definition) is 0. The Kier molecular flexibility index (Phi) is 4.67. The quantitative estimate of drug-likeness (QED) is 0.841. The highest BCUT2D eigenvalue weighted by Gasteiger charge is 2.45. The molecule has 3 aliphatic heterocycles. The van der Waals surface area contributed by atoms with Crippen LogP contribution in [0.25, 0.3) is 0 Å². The first kappa shape index (κ1) is 16.6. The van der Waals surface area contributed by atoms with E-state index in [1.54, 1.807) is 0 Å². The van der Waals surface area contributed by atoms with Crippen molar-refractivity contribution < 1.29 is 9.53 Å². The number of nitrogens with zero attached hydrogens (tertiary/aromatic N) is 2. The fourth-order valence-electron chi connectivity index (χ4n) is 4.41. The summed E-state index contributed by atoms with van der Waals surface area (Å²) in [4.78, 5) is 20.0. The maximum absolute atomic E-state index is 12.6. The number of likely N-dealkylation sites (tertiary alicyclic amines) is 2. The molecule has 0 bridgehead atoms. The van der Waals surface area contributed by atoms with Crippen LogP contribution in [-0.2, 0) is 16.1 Å². The van der Waals surface area contributed by atoms with Gasteiger partial charge in [-0.3, -0.25) is 9.69 Å². The molecule has 24 heavy (non-hydrogen) atoms. The average molecular weight is 349 g/mol. The number of amides is 1. The summed E-state index contributed by atoms with van der Waals surface area (Å²) >= 11 is 1.90. The molecule has 3 aliphatic rings. The lowest BCUT2D eigenvalue weighted by molar-refractivity contribution is -0.150. The summed E-state index contributed by atoms with van der Waals surface area (Å²) in [6.07, 6.45) is 6.25. The van der Waals surface area contributed by atoms with Gasteiger partial charge in [-0.25, -0.2) is 0 Å². The van der Waals surface area contributed by atoms with E-state index in [1.165, 1.54) is 9.75 Å². The molecule has 0 aromatic carbocycles. The number of piperidine rings is 1. The molecule has 1 aromatic rings. The van der Waals surface area contributed by atoms with E-state index in [-0.39, 0.29) is 17.6 Å². The standard InChI is InChI=1S/C19H28N2O2S/c1-15-4-5-16(24-15)14-20-12-8-19(9-13-20)7-6-17(23-19)18(22)21-10-2-3-11-21/h4-5,17H,2-3,6-14H2,1H3/t17-/m0/s1. The number of aryl methyl sites for hydroxylation is 1. The first-order valence-corrected chi connectivity index (χ1v) is 10.2. The van der Waals surface area contributed by atoms with Crippen molar-refractivity contribution in [3.05, 3.63) is 21.9 Å². The van der Waals surface area contributed by atoms with Gasteiger partial charge in [-0.05, 0) is 57.6 Å². The van der Waals surface area contributed by atoms with Crippen molar-refractivity contribution in [1.82, 2.24) is 9.80 Å². The van der Waals surface area contributed by atoms with Gasteiger partial charge in [0.25, 0.3) is 5.91 Å². The second-order valence-electron chi connectivity index (χ2n) is 7.65. The van der Waals surface area contributed by atoms with E-state index in [0.29, 0.717) is 0 Å². The van der Waals surface area contributed by atoms with Crippen LogP contribution in [0.1, 0.15) is 48.3 Å². The van der Waals surface area contributed by atoms with Gasteiger partial charge in [0, 0.05) is 42.5 Å². The third-order valence-electron chi connectivity index (χ3n) is 5.89. The van der Waals surface area contributed by atoms with E-state index in [1.807, 2.05) is 16.2 Å². The fraction of sp³-hybridized carbons (Fsp3) is 0.737. The van der Waals surface area contributed by atoms with Gasteiger partial charge >= 0.3 is 0 Å². The van der Waals surface area contributed by atoms with Crippen LogP contribution < -0.4 is 0 Å². The molecule has 132 valence electrons. The number of ether oxygens (including phenoxy) is 1. The topological polar surface area (TPSA) is 32.8 Å². The fourth-order valence-corrected chi connectivity index (χ4v) is 5.34. The van der Waals surface area contributed by atoms with Crippen molar-refractivity contribution in [3.8, 4) is 0 Å². The van der Waals surface area contributed by atoms with Crippen molar-refractivity contribution in [2.24, 2.45) is 0 Å². The van der Waals surface area contributed by atoms with E-state index in [9.17, 15) is 4.79 Å². The number of hydrogen-bond acceptors (Lipinski definition) is 4. The summed E-state index contributed by atoms with van der Waals surface area (Å²) in [6.45, 7) is 7.26. The Bertz CT molecular complexity index is 586. The molecular weight excluding hydrogens is 320 g/mol. The average Bonchev–Trinajstić information content (AvgIpc) is 3.31. The summed E-state index contributed by atoms with van der Waals surface area (Å²) in [5.74, 6) is 0.251. The third-order valence-corrected chi connectivity index (χ3v) is 6.88. The monoisotopic (exact) mass is 348 g/mol. The van der Waals surface area contributed by atoms with Gasteiger partial charge in [-0.1, -0.05) is 0 Å². The van der Waals surface area contributed by atoms with E-state index < -0.39 is 0 Å². The molecule has 4 heterocycles. The zero-order chi connectivity index (χ0) is 16.6. The smallest absolute Gasteiger partial charge is 0.251 e. The van der Waals surface area contributed by atoms with Gasteiger partial charge in [-0.15, -0.1) is 11.3 Å². The highest BCUT2D eigenvalue weighted by Crippen LogP contribution is 2.40. The molecule has 1 aromatic heterocycles. The molecule has 1 amide bonds. The lowest BCUT2D eigenvalue weighted by Gasteiger charge is -2.39. The summed E-state index contributed by atoms with van der Waals surface area (Å²) < 4.78 is 6.35. The second kappa shape index (κ2) is 6.77. The van der Waals surface area contributed by atoms with Crippen LogP contribution in [0.2, 0.25) is 0 Å². The minimum atomic E-state index is -0.172. The van der Waals surface area contributed by atoms with Crippen LogP contribution in [0, 0.1) is 6.92 Å². The molecule has 4 rings (SSSR count). The predicted molar refractivity (Wildman–Crippen MR) is 96.2 cm³/mol. The van der Waals surface area contributed by atoms with E-state index in [0.717, 1.165) is 71.2 Å². The SMILES string of the molecule is Cc1ccc(CN2CCC3(CC[C@@H](C(=O)N4CCCC4)O3)CC2)s1. The Balaban J connectivity index is 1.29. The molecule has 1 atom stereocenters. The summed E-state index contributed by atoms with van der Waals surface area (Å²) in [6, 6.07) is 4.46. The molecule has 4 nitrogen and oxygen atoms in total. The molecule has 0 aliphatic carbocycles. The zero-order valence-corrected chi connectivity index (χ0v) is 15.4. The van der Waals surface area contributed by atoms with Crippen molar-refractivity contribution in [3.63, 3.8) is 0 Å². The molecule has 1 spiro atoms. The lowest BCUT2D eigenvalue weighted by Crippen LogP contribution is -2.45. The minimum absolute atomic E-state index is 0.0259. The molecular formula is C19H28N2O2S. The number of thiophene rings is 1. The predicted octanol–water partition coefficient (Wildman–Crippen LogP) is 3.19. The molecule has 5 heteroatoms. The Morgan fingerprint density at radius 1 is 1.21 bits per heavy atom. The Labute approximate surface area is 148 Å². The van der Waals surface area contributed by atoms with Gasteiger partial charge < -0.3 is 9.64 Å². The second-order valence-corrected chi connectivity index (χ2v) is 9.02. The van der Waals surface area contributed by atoms with Crippen molar-refractivity contribution >= 4 is 17.2 Å². The van der Waals surface area contributed by atoms with Crippen LogP contribution in [-0.4, -0.2) is 53.6 Å². The van der Waals surface area contributed by atoms with Crippen molar-refractivity contribution in [2.75, 3.05) is 26.2 Å². The summed E-state index contributed by atoms with van der Waals surface area (Å²) in [5, 5.41) is 0. The molecule has 0 N–H and O–H groups in total. The maximum atomic E-state index is 12.6. The molecule has 0 saturated carbocycles. The van der Waals surface area contributed by atoms with Crippen LogP contribution in [0.15, 0.2) is 12.1 Å². The highest BCUT2D eigenvalue weighted by molar-refractivity contribution is 7.11. The summed E-state index contributed by atoms with van der Waals surface area (Å²) in [7, 11) is 0. The molecule has 0 radical (unpaired) electrons. The minimum Gasteiger partial charge on any atom is -0.362 e. The van der Waals surface area contributed by atoms with Crippen LogP contribution in [0.4, 0.5) is 0 Å². The first-order chi connectivity index (χ1) is 11.6. The Morgan fingerprint density at radius 2 is 1.96 bits per heavy atom. The van der Waals surface area contributed by atoms with Crippen molar-refractivity contribution in [2.45, 2.75) is 63.7 Å². The Morgan fingerprint density at radius 3 is 2.62 bits per heavy atom. The van der Waals surface area contributed by atoms with E-state index >= 15 is 0 Å². The third kappa shape index (κ3) is 3.39. The zero-order valence-electron chi connectivity index (χ0n) is 14.6. The Hall–Kier alpha value is -0.910. The molecule has 0 unspecified atom stereocenters. The first-order valence-electron chi connectivity index (χ1n) is 9.38. The number of carbonyl (C=O) groups is 1. The lowest BCUT2D eigenvalue weighted by atomic mass is 9.88. The van der Waals surface area contributed by atoms with Gasteiger partial charge in [0.2, 0.25) is 0 Å². The van der Waals surface area contributed by atoms with Gasteiger partial charge in [-0.2, -0.15) is 0 Å². The van der Waals surface area contributed by atoms with Gasteiger partial charge in [0.1, 0.15) is 6.10 Å². The number of rotatable bonds is 3. The van der Waals surface area contributed by atoms with Crippen molar-refractivity contribution in [1.29, 1.82) is 0 Å². The number of carbonyl (C=O) groups excluding carboxylic acids is 1. The maximum Gasteiger partial charge on any atom is 0.251 e. The normalized spacial score (nSPS) is 27.2. The summed E-state index contributed by atoms with van der Waals surface area (Å²) in [5.41, 5.74) is -0.0259. The van der Waals surface area contributed by atoms with Gasteiger partial charge in [0.05, 0.1) is 5.60 Å². The van der Waals surface area contributed by atoms with Crippen LogP contribution in [0.3, 0.4) is 0 Å². The van der Waals surface area contributed by atoms with Crippen LogP contribution in [0.5, 0.6) is 0 Å². The largest absolute Gasteiger partial charge is 0.362 e. The van der Waals surface area contributed by atoms with Crippen LogP contribution >= 0.6 is 11.3 Å². The van der Waals surface area contributed by atoms with E-state index in [4.69, 9.17) is 4.74 Å². The molecule has 3 fully saturated rings. The highest BCUT2D eigenvalue weighted by atomic mass is 32.1. The van der Waals surface area contributed by atoms with Gasteiger partial charge in [0.15, 0.2) is 0 Å². The molecule has 3 saturated heterocycles.